The summed E-state index contributed by atoms with van der Waals surface area (Å²) in [5, 5.41) is 0. The second kappa shape index (κ2) is 8.70. The Morgan fingerprint density at radius 2 is 2.18 bits per heavy atom. The van der Waals surface area contributed by atoms with Crippen LogP contribution in [0.1, 0.15) is 45.4 Å². The Hall–Kier alpha value is -0.343. The summed E-state index contributed by atoms with van der Waals surface area (Å²) in [6.07, 6.45) is 11.9. The molecule has 1 heterocycles. The van der Waals surface area contributed by atoms with Crippen molar-refractivity contribution in [3.05, 3.63) is 25.3 Å². The SMILES string of the molecule is C=CCC(C=C)C(CCCC)[SiH]1CCCCO1. The van der Waals surface area contributed by atoms with E-state index >= 15 is 0 Å². The van der Waals surface area contributed by atoms with Crippen LogP contribution in [0, 0.1) is 5.92 Å². The maximum atomic E-state index is 6.12. The molecule has 1 fully saturated rings. The minimum atomic E-state index is -0.999. The van der Waals surface area contributed by atoms with E-state index in [0.717, 1.165) is 18.6 Å². The van der Waals surface area contributed by atoms with Gasteiger partial charge in [-0.15, -0.1) is 13.2 Å². The van der Waals surface area contributed by atoms with E-state index in [1.165, 1.54) is 38.1 Å². The van der Waals surface area contributed by atoms with Crippen LogP contribution in [0.2, 0.25) is 11.6 Å². The van der Waals surface area contributed by atoms with Gasteiger partial charge in [-0.05, 0) is 30.3 Å². The first-order valence-corrected chi connectivity index (χ1v) is 9.14. The molecule has 0 spiro atoms. The molecule has 0 aliphatic carbocycles. The van der Waals surface area contributed by atoms with Crippen molar-refractivity contribution in [2.24, 2.45) is 5.92 Å². The van der Waals surface area contributed by atoms with Gasteiger partial charge in [0.15, 0.2) is 9.04 Å². The van der Waals surface area contributed by atoms with E-state index in [1.807, 2.05) is 6.08 Å². The van der Waals surface area contributed by atoms with E-state index in [2.05, 4.69) is 26.2 Å². The highest BCUT2D eigenvalue weighted by molar-refractivity contribution is 6.54. The molecule has 0 radical (unpaired) electrons. The van der Waals surface area contributed by atoms with Crippen LogP contribution in [0.3, 0.4) is 0 Å². The van der Waals surface area contributed by atoms with Crippen molar-refractivity contribution < 1.29 is 4.43 Å². The molecule has 2 heteroatoms. The minimum absolute atomic E-state index is 0.605. The van der Waals surface area contributed by atoms with Gasteiger partial charge in [-0.1, -0.05) is 44.8 Å². The first-order valence-electron chi connectivity index (χ1n) is 7.18. The molecule has 0 saturated carbocycles. The summed E-state index contributed by atoms with van der Waals surface area (Å²) in [5.74, 6) is 0.605. The average Bonchev–Trinajstić information content (AvgIpc) is 2.39. The smallest absolute Gasteiger partial charge is 0.180 e. The van der Waals surface area contributed by atoms with Gasteiger partial charge >= 0.3 is 0 Å². The molecule has 0 aromatic carbocycles. The van der Waals surface area contributed by atoms with Crippen LogP contribution in [0.15, 0.2) is 25.3 Å². The summed E-state index contributed by atoms with van der Waals surface area (Å²) < 4.78 is 6.12. The number of unbranched alkanes of at least 4 members (excludes halogenated alkanes) is 1. The predicted molar refractivity (Wildman–Crippen MR) is 78.9 cm³/mol. The number of hydrogen-bond acceptors (Lipinski definition) is 1. The van der Waals surface area contributed by atoms with Crippen molar-refractivity contribution in [3.8, 4) is 0 Å². The van der Waals surface area contributed by atoms with E-state index in [4.69, 9.17) is 4.43 Å². The summed E-state index contributed by atoms with van der Waals surface area (Å²) in [6, 6.07) is 1.37. The number of allylic oxidation sites excluding steroid dienone is 2. The van der Waals surface area contributed by atoms with Crippen molar-refractivity contribution in [2.45, 2.75) is 57.0 Å². The zero-order valence-electron chi connectivity index (χ0n) is 11.4. The quantitative estimate of drug-likeness (QED) is 0.458. The Labute approximate surface area is 109 Å². The summed E-state index contributed by atoms with van der Waals surface area (Å²) >= 11 is 0. The molecule has 98 valence electrons. The van der Waals surface area contributed by atoms with E-state index in [1.54, 1.807) is 0 Å². The molecule has 1 aliphatic rings. The number of rotatable bonds is 8. The van der Waals surface area contributed by atoms with Crippen molar-refractivity contribution in [1.29, 1.82) is 0 Å². The van der Waals surface area contributed by atoms with Gasteiger partial charge in [-0.3, -0.25) is 0 Å². The third kappa shape index (κ3) is 4.80. The van der Waals surface area contributed by atoms with E-state index in [-0.39, 0.29) is 0 Å². The second-order valence-corrected chi connectivity index (χ2v) is 7.98. The molecule has 0 N–H and O–H groups in total. The highest BCUT2D eigenvalue weighted by atomic mass is 28.3. The van der Waals surface area contributed by atoms with Crippen LogP contribution < -0.4 is 0 Å². The fraction of sp³-hybridized carbons (Fsp3) is 0.733. The van der Waals surface area contributed by atoms with Crippen molar-refractivity contribution in [1.82, 2.24) is 0 Å². The van der Waals surface area contributed by atoms with Crippen LogP contribution in [-0.2, 0) is 4.43 Å². The van der Waals surface area contributed by atoms with Gasteiger partial charge in [0.2, 0.25) is 0 Å². The van der Waals surface area contributed by atoms with Crippen LogP contribution >= 0.6 is 0 Å². The van der Waals surface area contributed by atoms with E-state index in [0.29, 0.717) is 5.92 Å². The van der Waals surface area contributed by atoms with Crippen LogP contribution in [0.25, 0.3) is 0 Å². The molecular weight excluding hydrogens is 224 g/mol. The number of hydrogen-bond donors (Lipinski definition) is 0. The van der Waals surface area contributed by atoms with Crippen LogP contribution in [0.5, 0.6) is 0 Å². The van der Waals surface area contributed by atoms with Crippen molar-refractivity contribution >= 4 is 9.04 Å². The third-order valence-electron chi connectivity index (χ3n) is 3.87. The second-order valence-electron chi connectivity index (χ2n) is 5.14. The molecule has 0 aromatic heterocycles. The van der Waals surface area contributed by atoms with E-state index < -0.39 is 9.04 Å². The van der Waals surface area contributed by atoms with E-state index in [9.17, 15) is 0 Å². The van der Waals surface area contributed by atoms with Gasteiger partial charge in [-0.25, -0.2) is 0 Å². The molecule has 1 rings (SSSR count). The predicted octanol–water partition coefficient (Wildman–Crippen LogP) is 4.46. The summed E-state index contributed by atoms with van der Waals surface area (Å²) in [7, 11) is -0.999. The largest absolute Gasteiger partial charge is 0.420 e. The normalized spacial score (nSPS) is 23.9. The molecule has 0 bridgehead atoms. The third-order valence-corrected chi connectivity index (χ3v) is 7.30. The molecular formula is C15H28OSi. The Morgan fingerprint density at radius 1 is 1.35 bits per heavy atom. The lowest BCUT2D eigenvalue weighted by Gasteiger charge is -2.33. The van der Waals surface area contributed by atoms with Gasteiger partial charge in [0.1, 0.15) is 0 Å². The van der Waals surface area contributed by atoms with Gasteiger partial charge in [0.05, 0.1) is 0 Å². The lowest BCUT2D eigenvalue weighted by atomic mass is 9.97. The van der Waals surface area contributed by atoms with Crippen molar-refractivity contribution in [2.75, 3.05) is 6.61 Å². The molecule has 0 amide bonds. The average molecular weight is 252 g/mol. The molecule has 3 atom stereocenters. The summed E-state index contributed by atoms with van der Waals surface area (Å²) in [5.41, 5.74) is 0.783. The first kappa shape index (κ1) is 14.7. The van der Waals surface area contributed by atoms with Gasteiger partial charge in [-0.2, -0.15) is 0 Å². The lowest BCUT2D eigenvalue weighted by molar-refractivity contribution is 0.270. The Kier molecular flexibility index (Phi) is 7.54. The minimum Gasteiger partial charge on any atom is -0.420 e. The highest BCUT2D eigenvalue weighted by Crippen LogP contribution is 2.35. The summed E-state index contributed by atoms with van der Waals surface area (Å²) in [6.45, 7) is 11.2. The first-order chi connectivity index (χ1) is 8.33. The van der Waals surface area contributed by atoms with Crippen LogP contribution in [-0.4, -0.2) is 15.6 Å². The van der Waals surface area contributed by atoms with Gasteiger partial charge in [0, 0.05) is 6.61 Å². The van der Waals surface area contributed by atoms with Crippen molar-refractivity contribution in [3.63, 3.8) is 0 Å². The maximum Gasteiger partial charge on any atom is 0.180 e. The zero-order valence-corrected chi connectivity index (χ0v) is 12.5. The lowest BCUT2D eigenvalue weighted by Crippen LogP contribution is -2.32. The fourth-order valence-corrected chi connectivity index (χ4v) is 6.33. The monoisotopic (exact) mass is 252 g/mol. The molecule has 1 aliphatic heterocycles. The zero-order chi connectivity index (χ0) is 12.5. The Bertz CT molecular complexity index is 221. The molecule has 1 nitrogen and oxygen atoms in total. The van der Waals surface area contributed by atoms with Gasteiger partial charge < -0.3 is 4.43 Å². The highest BCUT2D eigenvalue weighted by Gasteiger charge is 2.30. The fourth-order valence-electron chi connectivity index (χ4n) is 2.86. The Morgan fingerprint density at radius 3 is 2.71 bits per heavy atom. The maximum absolute atomic E-state index is 6.12. The standard InChI is InChI=1S/C15H28OSi/c1-4-7-11-15(14(6-3)10-5-2)17-13-9-8-12-16-17/h5-6,14-15,17H,2-4,7-13H2,1H3. The van der Waals surface area contributed by atoms with Gasteiger partial charge in [0.25, 0.3) is 0 Å². The molecule has 0 aromatic rings. The Balaban J connectivity index is 2.61. The molecule has 17 heavy (non-hydrogen) atoms. The molecule has 3 unspecified atom stereocenters. The summed E-state index contributed by atoms with van der Waals surface area (Å²) in [4.78, 5) is 0. The topological polar surface area (TPSA) is 9.23 Å². The molecule has 1 saturated heterocycles. The van der Waals surface area contributed by atoms with Crippen LogP contribution in [0.4, 0.5) is 0 Å².